The number of rotatable bonds is 3. The Kier molecular flexibility index (Phi) is 5.16. The van der Waals surface area contributed by atoms with Crippen LogP contribution in [-0.2, 0) is 4.74 Å². The Hall–Kier alpha value is -1.63. The predicted molar refractivity (Wildman–Crippen MR) is 101 cm³/mol. The van der Waals surface area contributed by atoms with Gasteiger partial charge in [-0.1, -0.05) is 0 Å². The normalized spacial score (nSPS) is 29.7. The van der Waals surface area contributed by atoms with Crippen LogP contribution in [0.2, 0.25) is 0 Å². The van der Waals surface area contributed by atoms with Crippen molar-refractivity contribution in [1.82, 2.24) is 9.80 Å². The van der Waals surface area contributed by atoms with E-state index in [1.54, 1.807) is 0 Å². The minimum absolute atomic E-state index is 0.0782. The van der Waals surface area contributed by atoms with E-state index in [4.69, 9.17) is 4.74 Å². The Bertz CT molecular complexity index is 628. The van der Waals surface area contributed by atoms with Crippen molar-refractivity contribution >= 4 is 11.6 Å². The number of nitrogens with zero attached hydrogens (tertiary/aromatic N) is 3. The summed E-state index contributed by atoms with van der Waals surface area (Å²) in [5.74, 6) is 0.338. The Morgan fingerprint density at radius 2 is 1.85 bits per heavy atom. The smallest absolute Gasteiger partial charge is 0.254 e. The number of carbonyl (C=O) groups is 1. The first-order valence-electron chi connectivity index (χ1n) is 9.72. The monoisotopic (exact) mass is 359 g/mol. The lowest BCUT2D eigenvalue weighted by atomic mass is 10.1. The maximum Gasteiger partial charge on any atom is 0.254 e. The largest absolute Gasteiger partial charge is 0.396 e. The summed E-state index contributed by atoms with van der Waals surface area (Å²) in [6.45, 7) is 5.60. The fourth-order valence-electron chi connectivity index (χ4n) is 4.50. The zero-order valence-electron chi connectivity index (χ0n) is 15.5. The number of carbonyl (C=O) groups excluding carboxylic acids is 1. The zero-order valence-corrected chi connectivity index (χ0v) is 15.5. The van der Waals surface area contributed by atoms with E-state index in [9.17, 15) is 9.90 Å². The van der Waals surface area contributed by atoms with Crippen LogP contribution in [0.5, 0.6) is 0 Å². The number of aliphatic hydroxyl groups is 1. The van der Waals surface area contributed by atoms with Crippen LogP contribution in [0.15, 0.2) is 24.3 Å². The van der Waals surface area contributed by atoms with Crippen LogP contribution in [-0.4, -0.2) is 85.9 Å². The van der Waals surface area contributed by atoms with E-state index in [1.165, 1.54) is 5.69 Å². The van der Waals surface area contributed by atoms with Crippen LogP contribution in [0.1, 0.15) is 23.2 Å². The first-order chi connectivity index (χ1) is 12.7. The van der Waals surface area contributed by atoms with Gasteiger partial charge in [0.05, 0.1) is 18.8 Å². The highest BCUT2D eigenvalue weighted by molar-refractivity contribution is 5.95. The van der Waals surface area contributed by atoms with Gasteiger partial charge < -0.3 is 24.5 Å². The fraction of sp³-hybridized carbons (Fsp3) is 0.650. The third kappa shape index (κ3) is 3.46. The summed E-state index contributed by atoms with van der Waals surface area (Å²) < 4.78 is 5.84. The number of anilines is 1. The van der Waals surface area contributed by atoms with Gasteiger partial charge in [-0.05, 0) is 50.1 Å². The molecule has 1 unspecified atom stereocenters. The lowest BCUT2D eigenvalue weighted by Gasteiger charge is -2.38. The number of amides is 1. The summed E-state index contributed by atoms with van der Waals surface area (Å²) in [6.07, 6.45) is 1.77. The Labute approximate surface area is 155 Å². The molecule has 1 aromatic rings. The summed E-state index contributed by atoms with van der Waals surface area (Å²) in [6, 6.07) is 8.16. The van der Waals surface area contributed by atoms with Crippen LogP contribution in [0.25, 0.3) is 0 Å². The maximum absolute atomic E-state index is 13.1. The molecular formula is C20H29N3O3. The number of benzene rings is 1. The number of aliphatic hydroxyl groups excluding tert-OH is 1. The molecule has 142 valence electrons. The van der Waals surface area contributed by atoms with E-state index >= 15 is 0 Å². The molecule has 2 saturated heterocycles. The molecule has 0 radical (unpaired) electrons. The van der Waals surface area contributed by atoms with Crippen LogP contribution in [0.3, 0.4) is 0 Å². The van der Waals surface area contributed by atoms with Gasteiger partial charge >= 0.3 is 0 Å². The maximum atomic E-state index is 13.1. The van der Waals surface area contributed by atoms with Gasteiger partial charge in [-0.3, -0.25) is 4.79 Å². The molecule has 3 atom stereocenters. The highest BCUT2D eigenvalue weighted by Crippen LogP contribution is 2.34. The number of piperazine rings is 1. The van der Waals surface area contributed by atoms with E-state index in [0.29, 0.717) is 13.2 Å². The lowest BCUT2D eigenvalue weighted by Crippen LogP contribution is -2.51. The summed E-state index contributed by atoms with van der Waals surface area (Å²) in [5, 5.41) is 9.46. The Morgan fingerprint density at radius 1 is 1.12 bits per heavy atom. The van der Waals surface area contributed by atoms with Crippen LogP contribution in [0.4, 0.5) is 5.69 Å². The molecule has 3 aliphatic rings. The van der Waals surface area contributed by atoms with Crippen molar-refractivity contribution < 1.29 is 14.6 Å². The van der Waals surface area contributed by atoms with Crippen LogP contribution < -0.4 is 4.90 Å². The average Bonchev–Trinajstić information content (AvgIpc) is 3.11. The summed E-state index contributed by atoms with van der Waals surface area (Å²) in [4.78, 5) is 19.7. The predicted octanol–water partition coefficient (Wildman–Crippen LogP) is 1.05. The van der Waals surface area contributed by atoms with Gasteiger partial charge in [0.15, 0.2) is 0 Å². The third-order valence-corrected chi connectivity index (χ3v) is 6.14. The van der Waals surface area contributed by atoms with Gasteiger partial charge in [-0.2, -0.15) is 0 Å². The molecule has 1 saturated carbocycles. The second-order valence-corrected chi connectivity index (χ2v) is 7.83. The summed E-state index contributed by atoms with van der Waals surface area (Å²) in [5.41, 5.74) is 1.94. The van der Waals surface area contributed by atoms with E-state index in [-0.39, 0.29) is 30.6 Å². The highest BCUT2D eigenvalue weighted by atomic mass is 16.5. The molecule has 1 N–H and O–H groups in total. The average molecular weight is 359 g/mol. The number of hydrogen-bond acceptors (Lipinski definition) is 5. The Balaban J connectivity index is 1.44. The van der Waals surface area contributed by atoms with Gasteiger partial charge in [0.2, 0.25) is 0 Å². The number of morpholine rings is 1. The molecule has 3 fully saturated rings. The van der Waals surface area contributed by atoms with Crippen molar-refractivity contribution in [2.45, 2.75) is 25.0 Å². The van der Waals surface area contributed by atoms with Gasteiger partial charge in [0.1, 0.15) is 0 Å². The summed E-state index contributed by atoms with van der Waals surface area (Å²) >= 11 is 0. The van der Waals surface area contributed by atoms with Crippen molar-refractivity contribution in [2.75, 3.05) is 57.9 Å². The number of likely N-dealkylation sites (N-methyl/N-ethyl adjacent to an activating group) is 1. The molecule has 6 nitrogen and oxygen atoms in total. The molecule has 0 aromatic heterocycles. The minimum atomic E-state index is 0.0782. The topological polar surface area (TPSA) is 56.2 Å². The van der Waals surface area contributed by atoms with E-state index < -0.39 is 0 Å². The van der Waals surface area contributed by atoms with Crippen molar-refractivity contribution in [3.63, 3.8) is 0 Å². The second kappa shape index (κ2) is 7.55. The molecule has 1 amide bonds. The van der Waals surface area contributed by atoms with E-state index in [1.807, 2.05) is 17.0 Å². The molecule has 4 rings (SSSR count). The number of hydrogen-bond donors (Lipinski definition) is 1. The highest BCUT2D eigenvalue weighted by Gasteiger charge is 2.42. The van der Waals surface area contributed by atoms with Crippen LogP contribution in [0, 0.1) is 5.92 Å². The van der Waals surface area contributed by atoms with Crippen molar-refractivity contribution in [3.8, 4) is 0 Å². The molecule has 2 heterocycles. The van der Waals surface area contributed by atoms with Gasteiger partial charge in [-0.15, -0.1) is 0 Å². The third-order valence-electron chi connectivity index (χ3n) is 6.14. The molecular weight excluding hydrogens is 330 g/mol. The minimum Gasteiger partial charge on any atom is -0.396 e. The standard InChI is InChI=1S/C20H29N3O3/c1-21-6-8-22(9-7-21)17-4-2-16(3-5-17)20(25)23-10-11-26-19-13-15(14-24)12-18(19)23/h2-5,15,18-19,24H,6-14H2,1H3/t15-,18+,19?/m1/s1. The lowest BCUT2D eigenvalue weighted by molar-refractivity contribution is -0.0448. The van der Waals surface area contributed by atoms with Gasteiger partial charge in [-0.25, -0.2) is 0 Å². The quantitative estimate of drug-likeness (QED) is 0.874. The fourth-order valence-corrected chi connectivity index (χ4v) is 4.50. The van der Waals surface area contributed by atoms with Crippen molar-refractivity contribution in [3.05, 3.63) is 29.8 Å². The molecule has 2 aliphatic heterocycles. The van der Waals surface area contributed by atoms with Crippen molar-refractivity contribution in [1.29, 1.82) is 0 Å². The van der Waals surface area contributed by atoms with E-state index in [2.05, 4.69) is 29.0 Å². The number of fused-ring (bicyclic) bond motifs is 1. The zero-order chi connectivity index (χ0) is 18.1. The molecule has 1 aromatic carbocycles. The molecule has 0 bridgehead atoms. The van der Waals surface area contributed by atoms with E-state index in [0.717, 1.165) is 44.6 Å². The first-order valence-corrected chi connectivity index (χ1v) is 9.72. The van der Waals surface area contributed by atoms with Crippen LogP contribution >= 0.6 is 0 Å². The van der Waals surface area contributed by atoms with Gasteiger partial charge in [0.25, 0.3) is 5.91 Å². The molecule has 6 heteroatoms. The van der Waals surface area contributed by atoms with Gasteiger partial charge in [0, 0.05) is 50.6 Å². The Morgan fingerprint density at radius 3 is 2.54 bits per heavy atom. The van der Waals surface area contributed by atoms with Crippen molar-refractivity contribution in [2.24, 2.45) is 5.92 Å². The SMILES string of the molecule is CN1CCN(c2ccc(C(=O)N3CCOC4C[C@H](CO)C[C@@H]43)cc2)CC1. The molecule has 1 aliphatic carbocycles. The number of ether oxygens (including phenoxy) is 1. The first kappa shape index (κ1) is 17.8. The molecule has 0 spiro atoms. The molecule has 26 heavy (non-hydrogen) atoms. The second-order valence-electron chi connectivity index (χ2n) is 7.83. The summed E-state index contributed by atoms with van der Waals surface area (Å²) in [7, 11) is 2.15.